The fourth-order valence-electron chi connectivity index (χ4n) is 6.67. The third kappa shape index (κ3) is 7.81. The zero-order valence-electron chi connectivity index (χ0n) is 28.6. The smallest absolute Gasteiger partial charge is 0.306 e. The molecule has 1 atom stereocenters. The summed E-state index contributed by atoms with van der Waals surface area (Å²) in [7, 11) is -4.60. The minimum atomic E-state index is -4.60. The van der Waals surface area contributed by atoms with Gasteiger partial charge in [0, 0.05) is 18.2 Å². The summed E-state index contributed by atoms with van der Waals surface area (Å²) in [5, 5.41) is 12.0. The molecule has 50 heavy (non-hydrogen) atoms. The zero-order valence-corrected chi connectivity index (χ0v) is 30.2. The van der Waals surface area contributed by atoms with Crippen molar-refractivity contribution in [3.05, 3.63) is 117 Å². The van der Waals surface area contributed by atoms with Gasteiger partial charge in [-0.15, -0.1) is 0 Å². The molecule has 0 heterocycles. The van der Waals surface area contributed by atoms with Crippen molar-refractivity contribution in [2.75, 3.05) is 29.0 Å². The first-order valence-electron chi connectivity index (χ1n) is 16.6. The van der Waals surface area contributed by atoms with E-state index in [0.29, 0.717) is 19.4 Å². The molecule has 1 aliphatic carbocycles. The Hall–Kier alpha value is -4.42. The number of anilines is 1. The fourth-order valence-corrected chi connectivity index (χ4v) is 8.97. The minimum absolute atomic E-state index is 0.0267. The number of carbonyl (C=O) groups is 1. The minimum Gasteiger partial charge on any atom is -0.493 e. The fraction of sp³-hybridized carbons (Fsp3) is 0.342. The van der Waals surface area contributed by atoms with Crippen LogP contribution in [0, 0.1) is 29.8 Å². The number of benzene rings is 4. The molecule has 0 N–H and O–H groups in total. The lowest BCUT2D eigenvalue weighted by Crippen LogP contribution is -2.34. The van der Waals surface area contributed by atoms with E-state index in [1.165, 1.54) is 30.3 Å². The summed E-state index contributed by atoms with van der Waals surface area (Å²) in [6, 6.07) is 18.3. The topological polar surface area (TPSA) is 116 Å². The van der Waals surface area contributed by atoms with Gasteiger partial charge in [0.2, 0.25) is 0 Å². The van der Waals surface area contributed by atoms with Crippen LogP contribution in [0.5, 0.6) is 5.75 Å². The van der Waals surface area contributed by atoms with Gasteiger partial charge in [-0.25, -0.2) is 12.8 Å². The van der Waals surface area contributed by atoms with Crippen LogP contribution in [0.25, 0.3) is 11.1 Å². The number of nitrogens with zero attached hydrogens (tertiary/aromatic N) is 2. The molecule has 0 radical (unpaired) electrons. The number of nitro groups is 1. The Morgan fingerprint density at radius 1 is 1.04 bits per heavy atom. The molecule has 0 aliphatic heterocycles. The third-order valence-electron chi connectivity index (χ3n) is 8.79. The van der Waals surface area contributed by atoms with Crippen LogP contribution >= 0.6 is 11.8 Å². The zero-order chi connectivity index (χ0) is 36.0. The number of halogens is 1. The first kappa shape index (κ1) is 36.9. The number of ether oxygens (including phenoxy) is 2. The quantitative estimate of drug-likeness (QED) is 0.0520. The van der Waals surface area contributed by atoms with Crippen molar-refractivity contribution >= 4 is 39.1 Å². The molecule has 0 aromatic heterocycles. The number of nitro benzene ring substituents is 1. The van der Waals surface area contributed by atoms with E-state index in [2.05, 4.69) is 6.92 Å². The third-order valence-corrected chi connectivity index (χ3v) is 11.5. The molecule has 0 fully saturated rings. The molecule has 1 unspecified atom stereocenters. The Kier molecular flexibility index (Phi) is 11.8. The van der Waals surface area contributed by atoms with Gasteiger partial charge >= 0.3 is 5.97 Å². The molecule has 5 rings (SSSR count). The van der Waals surface area contributed by atoms with Gasteiger partial charge in [0.25, 0.3) is 15.7 Å². The van der Waals surface area contributed by atoms with E-state index in [-0.39, 0.29) is 30.7 Å². The van der Waals surface area contributed by atoms with E-state index in [0.717, 1.165) is 67.1 Å². The van der Waals surface area contributed by atoms with Gasteiger partial charge < -0.3 is 9.47 Å². The lowest BCUT2D eigenvalue weighted by Gasteiger charge is -2.31. The van der Waals surface area contributed by atoms with Crippen LogP contribution in [0.15, 0.2) is 77.7 Å². The van der Waals surface area contributed by atoms with Crippen LogP contribution in [0.1, 0.15) is 60.5 Å². The molecule has 0 saturated heterocycles. The summed E-state index contributed by atoms with van der Waals surface area (Å²) < 4.78 is 56.9. The molecule has 9 nitrogen and oxygen atoms in total. The standard InChI is InChI=1S/C38H41FN2O7S2/c1-5-47-37(42)19-15-27-14-16-28(24-33(27)39)40(50(45,46)36-13-8-7-12-35(36)41(43)44)34-18-17-30-31(34)10-9-11-32(30)38-25(3)22-29(23-26(38)4)48-20-21-49-6-2/h7-14,16,22-24,34H,5-6,15,17-21H2,1-4H3. The maximum atomic E-state index is 15.7. The first-order valence-corrected chi connectivity index (χ1v) is 19.2. The molecule has 12 heteroatoms. The highest BCUT2D eigenvalue weighted by Gasteiger charge is 2.40. The van der Waals surface area contributed by atoms with Crippen molar-refractivity contribution in [1.82, 2.24) is 0 Å². The van der Waals surface area contributed by atoms with Gasteiger partial charge in [-0.3, -0.25) is 19.2 Å². The molecular formula is C38H41FN2O7S2. The molecule has 0 bridgehead atoms. The van der Waals surface area contributed by atoms with Gasteiger partial charge in [0.1, 0.15) is 11.6 Å². The molecule has 0 spiro atoms. The maximum absolute atomic E-state index is 15.7. The average Bonchev–Trinajstić information content (AvgIpc) is 3.50. The summed E-state index contributed by atoms with van der Waals surface area (Å²) in [5.74, 6) is 1.56. The highest BCUT2D eigenvalue weighted by atomic mass is 32.2. The molecule has 0 saturated carbocycles. The second kappa shape index (κ2) is 16.1. The maximum Gasteiger partial charge on any atom is 0.306 e. The first-order chi connectivity index (χ1) is 24.0. The van der Waals surface area contributed by atoms with Crippen molar-refractivity contribution in [3.8, 4) is 16.9 Å². The highest BCUT2D eigenvalue weighted by molar-refractivity contribution is 7.99. The molecular weight excluding hydrogens is 680 g/mol. The van der Waals surface area contributed by atoms with Gasteiger partial charge in [-0.05, 0) is 115 Å². The van der Waals surface area contributed by atoms with Gasteiger partial charge in [0.05, 0.1) is 29.9 Å². The van der Waals surface area contributed by atoms with E-state index in [1.54, 1.807) is 6.92 Å². The van der Waals surface area contributed by atoms with Gasteiger partial charge in [-0.1, -0.05) is 43.3 Å². The van der Waals surface area contributed by atoms with Crippen molar-refractivity contribution < 1.29 is 32.0 Å². The summed E-state index contributed by atoms with van der Waals surface area (Å²) in [6.45, 7) is 8.67. The molecule has 4 aromatic carbocycles. The van der Waals surface area contributed by atoms with Crippen molar-refractivity contribution in [1.29, 1.82) is 0 Å². The summed E-state index contributed by atoms with van der Waals surface area (Å²) in [5.41, 5.74) is 5.42. The molecule has 1 aliphatic rings. The van der Waals surface area contributed by atoms with Crippen LogP contribution in [0.4, 0.5) is 15.8 Å². The van der Waals surface area contributed by atoms with Crippen LogP contribution in [0.3, 0.4) is 0 Å². The Labute approximate surface area is 297 Å². The van der Waals surface area contributed by atoms with E-state index in [1.807, 2.05) is 55.9 Å². The predicted octanol–water partition coefficient (Wildman–Crippen LogP) is 8.53. The van der Waals surface area contributed by atoms with E-state index in [4.69, 9.17) is 9.47 Å². The van der Waals surface area contributed by atoms with Crippen LogP contribution in [-0.4, -0.2) is 44.0 Å². The average molecular weight is 721 g/mol. The number of hydrogen-bond donors (Lipinski definition) is 0. The highest BCUT2D eigenvalue weighted by Crippen LogP contribution is 2.47. The Morgan fingerprint density at radius 3 is 2.46 bits per heavy atom. The second-order valence-corrected chi connectivity index (χ2v) is 15.2. The Morgan fingerprint density at radius 2 is 1.78 bits per heavy atom. The van der Waals surface area contributed by atoms with Crippen LogP contribution in [0.2, 0.25) is 0 Å². The van der Waals surface area contributed by atoms with Crippen molar-refractivity contribution in [2.45, 2.75) is 64.3 Å². The summed E-state index contributed by atoms with van der Waals surface area (Å²) in [6.07, 6.45) is 0.931. The number of hydrogen-bond acceptors (Lipinski definition) is 8. The summed E-state index contributed by atoms with van der Waals surface area (Å²) in [4.78, 5) is 22.7. The lowest BCUT2D eigenvalue weighted by atomic mass is 9.90. The lowest BCUT2D eigenvalue weighted by molar-refractivity contribution is -0.387. The molecule has 4 aromatic rings. The summed E-state index contributed by atoms with van der Waals surface area (Å²) >= 11 is 1.82. The van der Waals surface area contributed by atoms with Crippen LogP contribution < -0.4 is 9.04 Å². The number of sulfonamides is 1. The predicted molar refractivity (Wildman–Crippen MR) is 195 cm³/mol. The largest absolute Gasteiger partial charge is 0.493 e. The number of fused-ring (bicyclic) bond motifs is 1. The normalized spacial score (nSPS) is 13.9. The number of carbonyl (C=O) groups excluding carboxylic acids is 1. The Balaban J connectivity index is 1.59. The van der Waals surface area contributed by atoms with E-state index in [9.17, 15) is 23.3 Å². The Bertz CT molecular complexity index is 1980. The number of aryl methyl sites for hydroxylation is 3. The second-order valence-electron chi connectivity index (χ2n) is 12.0. The SMILES string of the molecule is CCOC(=O)CCc1ccc(N(C2CCc3c(-c4c(C)cc(OCCSCC)cc4C)cccc32)S(=O)(=O)c2ccccc2[N+](=O)[O-])cc1F. The van der Waals surface area contributed by atoms with Gasteiger partial charge in [0.15, 0.2) is 4.90 Å². The molecule has 264 valence electrons. The number of thioether (sulfide) groups is 1. The van der Waals surface area contributed by atoms with Crippen LogP contribution in [-0.2, 0) is 32.4 Å². The molecule has 0 amide bonds. The van der Waals surface area contributed by atoms with E-state index < -0.39 is 43.4 Å². The van der Waals surface area contributed by atoms with Gasteiger partial charge in [-0.2, -0.15) is 11.8 Å². The van der Waals surface area contributed by atoms with Crippen molar-refractivity contribution in [3.63, 3.8) is 0 Å². The van der Waals surface area contributed by atoms with Crippen molar-refractivity contribution in [2.24, 2.45) is 0 Å². The number of esters is 1. The number of rotatable bonds is 15. The number of para-hydroxylation sites is 1. The monoisotopic (exact) mass is 720 g/mol. The van der Waals surface area contributed by atoms with E-state index >= 15 is 4.39 Å².